The van der Waals surface area contributed by atoms with Gasteiger partial charge in [-0.1, -0.05) is 18.2 Å². The van der Waals surface area contributed by atoms with Gasteiger partial charge >= 0.3 is 17.9 Å². The Labute approximate surface area is 144 Å². The molecule has 0 fully saturated rings. The van der Waals surface area contributed by atoms with Gasteiger partial charge in [0.25, 0.3) is 0 Å². The molecule has 130 valence electrons. The number of esters is 3. The van der Waals surface area contributed by atoms with E-state index in [1.165, 1.54) is 12.1 Å². The largest absolute Gasteiger partial charge is 0.461 e. The smallest absolute Gasteiger partial charge is 0.357 e. The predicted molar refractivity (Wildman–Crippen MR) is 87.6 cm³/mol. The first-order valence-corrected chi connectivity index (χ1v) is 7.68. The normalized spacial score (nSPS) is 10.0. The lowest BCUT2D eigenvalue weighted by Gasteiger charge is -2.09. The molecule has 0 saturated heterocycles. The summed E-state index contributed by atoms with van der Waals surface area (Å²) in [4.78, 5) is 39.9. The number of benzene rings is 1. The number of carbonyl (C=O) groups is 3. The second-order valence-corrected chi connectivity index (χ2v) is 4.77. The Bertz CT molecular complexity index is 736. The zero-order valence-electron chi connectivity index (χ0n) is 13.9. The maximum Gasteiger partial charge on any atom is 0.357 e. The van der Waals surface area contributed by atoms with Crippen LogP contribution in [-0.2, 0) is 9.47 Å². The van der Waals surface area contributed by atoms with Crippen LogP contribution in [-0.4, -0.2) is 36.1 Å². The summed E-state index contributed by atoms with van der Waals surface area (Å²) in [5.74, 6) is -2.09. The monoisotopic (exact) mass is 343 g/mol. The van der Waals surface area contributed by atoms with E-state index < -0.39 is 17.9 Å². The van der Waals surface area contributed by atoms with Gasteiger partial charge in [-0.15, -0.1) is 0 Å². The highest BCUT2D eigenvalue weighted by Gasteiger charge is 2.19. The van der Waals surface area contributed by atoms with Gasteiger partial charge in [0.05, 0.1) is 18.8 Å². The fourth-order valence-electron chi connectivity index (χ4n) is 1.92. The molecular weight excluding hydrogens is 326 g/mol. The predicted octanol–water partition coefficient (Wildman–Crippen LogP) is 2.65. The van der Waals surface area contributed by atoms with Crippen molar-refractivity contribution in [1.82, 2.24) is 4.98 Å². The molecule has 2 rings (SSSR count). The number of pyridine rings is 1. The third kappa shape index (κ3) is 4.87. The maximum atomic E-state index is 12.2. The van der Waals surface area contributed by atoms with E-state index in [2.05, 4.69) is 4.98 Å². The first-order valence-electron chi connectivity index (χ1n) is 7.68. The third-order valence-electron chi connectivity index (χ3n) is 2.99. The molecule has 0 bridgehead atoms. The van der Waals surface area contributed by atoms with Crippen molar-refractivity contribution in [2.75, 3.05) is 13.2 Å². The molecule has 0 aliphatic rings. The first kappa shape index (κ1) is 18.1. The van der Waals surface area contributed by atoms with Gasteiger partial charge in [-0.2, -0.15) is 0 Å². The molecule has 0 unspecified atom stereocenters. The molecule has 0 aliphatic carbocycles. The van der Waals surface area contributed by atoms with E-state index in [1.54, 1.807) is 44.2 Å². The Hall–Kier alpha value is -3.22. The van der Waals surface area contributed by atoms with Crippen molar-refractivity contribution in [3.8, 4) is 5.75 Å². The molecule has 0 amide bonds. The topological polar surface area (TPSA) is 91.8 Å². The number of hydrogen-bond donors (Lipinski definition) is 0. The summed E-state index contributed by atoms with van der Waals surface area (Å²) in [7, 11) is 0. The Morgan fingerprint density at radius 3 is 1.84 bits per heavy atom. The van der Waals surface area contributed by atoms with Gasteiger partial charge in [0, 0.05) is 12.1 Å². The second-order valence-electron chi connectivity index (χ2n) is 4.77. The van der Waals surface area contributed by atoms with Gasteiger partial charge in [0.15, 0.2) is 11.4 Å². The summed E-state index contributed by atoms with van der Waals surface area (Å²) in [5.41, 5.74) is 0.0289. The van der Waals surface area contributed by atoms with E-state index in [1.807, 2.05) is 0 Å². The standard InChI is InChI=1S/C18H17NO6/c1-3-23-17(21)14-10-13(11-15(19-14)18(22)24-4-2)25-16(20)12-8-6-5-7-9-12/h5-11H,3-4H2,1-2H3. The molecule has 0 N–H and O–H groups in total. The summed E-state index contributed by atoms with van der Waals surface area (Å²) in [6.45, 7) is 3.57. The number of carbonyl (C=O) groups excluding carboxylic acids is 3. The highest BCUT2D eigenvalue weighted by atomic mass is 16.5. The van der Waals surface area contributed by atoms with Crippen LogP contribution in [0.3, 0.4) is 0 Å². The second kappa shape index (κ2) is 8.58. The van der Waals surface area contributed by atoms with Crippen molar-refractivity contribution in [2.45, 2.75) is 13.8 Å². The van der Waals surface area contributed by atoms with Crippen LogP contribution in [0.4, 0.5) is 0 Å². The number of aromatic nitrogens is 1. The van der Waals surface area contributed by atoms with Crippen LogP contribution in [0.5, 0.6) is 5.75 Å². The fourth-order valence-corrected chi connectivity index (χ4v) is 1.92. The fraction of sp³-hybridized carbons (Fsp3) is 0.222. The van der Waals surface area contributed by atoms with Crippen molar-refractivity contribution in [2.24, 2.45) is 0 Å². The van der Waals surface area contributed by atoms with Crippen molar-refractivity contribution in [1.29, 1.82) is 0 Å². The van der Waals surface area contributed by atoms with E-state index >= 15 is 0 Å². The van der Waals surface area contributed by atoms with Crippen LogP contribution in [0.15, 0.2) is 42.5 Å². The molecule has 1 aromatic heterocycles. The van der Waals surface area contributed by atoms with Crippen LogP contribution < -0.4 is 4.74 Å². The Kier molecular flexibility index (Phi) is 6.22. The van der Waals surface area contributed by atoms with Crippen molar-refractivity contribution in [3.63, 3.8) is 0 Å². The van der Waals surface area contributed by atoms with Gasteiger partial charge in [-0.05, 0) is 26.0 Å². The van der Waals surface area contributed by atoms with Crippen LogP contribution in [0.1, 0.15) is 45.2 Å². The average molecular weight is 343 g/mol. The lowest BCUT2D eigenvalue weighted by atomic mass is 10.2. The summed E-state index contributed by atoms with van der Waals surface area (Å²) in [5, 5.41) is 0. The Balaban J connectivity index is 2.33. The zero-order valence-corrected chi connectivity index (χ0v) is 13.9. The first-order chi connectivity index (χ1) is 12.0. The summed E-state index contributed by atoms with van der Waals surface area (Å²) in [6.07, 6.45) is 0. The SMILES string of the molecule is CCOC(=O)c1cc(OC(=O)c2ccccc2)cc(C(=O)OCC)n1. The highest BCUT2D eigenvalue weighted by molar-refractivity contribution is 5.94. The van der Waals surface area contributed by atoms with E-state index in [4.69, 9.17) is 14.2 Å². The molecule has 0 radical (unpaired) electrons. The summed E-state index contributed by atoms with van der Waals surface area (Å²) in [6, 6.07) is 10.8. The van der Waals surface area contributed by atoms with Crippen molar-refractivity contribution < 1.29 is 28.6 Å². The minimum absolute atomic E-state index is 0.00467. The van der Waals surface area contributed by atoms with E-state index in [0.29, 0.717) is 5.56 Å². The number of ether oxygens (including phenoxy) is 3. The summed E-state index contributed by atoms with van der Waals surface area (Å²) >= 11 is 0. The maximum absolute atomic E-state index is 12.2. The molecule has 25 heavy (non-hydrogen) atoms. The molecule has 1 heterocycles. The molecule has 0 aliphatic heterocycles. The zero-order chi connectivity index (χ0) is 18.2. The van der Waals surface area contributed by atoms with Crippen LogP contribution in [0.25, 0.3) is 0 Å². The van der Waals surface area contributed by atoms with E-state index in [9.17, 15) is 14.4 Å². The quantitative estimate of drug-likeness (QED) is 0.745. The molecule has 0 saturated carbocycles. The molecule has 1 aromatic carbocycles. The van der Waals surface area contributed by atoms with E-state index in [-0.39, 0.29) is 30.4 Å². The summed E-state index contributed by atoms with van der Waals surface area (Å²) < 4.78 is 15.0. The molecule has 7 nitrogen and oxygen atoms in total. The van der Waals surface area contributed by atoms with Gasteiger partial charge in [-0.3, -0.25) is 0 Å². The Morgan fingerprint density at radius 1 is 0.840 bits per heavy atom. The Morgan fingerprint density at radius 2 is 1.36 bits per heavy atom. The van der Waals surface area contributed by atoms with Gasteiger partial charge in [0.1, 0.15) is 5.75 Å². The molecule has 7 heteroatoms. The third-order valence-corrected chi connectivity index (χ3v) is 2.99. The number of nitrogens with zero attached hydrogens (tertiary/aromatic N) is 1. The van der Waals surface area contributed by atoms with Gasteiger partial charge in [-0.25, -0.2) is 19.4 Å². The molecule has 2 aromatic rings. The van der Waals surface area contributed by atoms with Crippen LogP contribution >= 0.6 is 0 Å². The van der Waals surface area contributed by atoms with Gasteiger partial charge < -0.3 is 14.2 Å². The molecular formula is C18H17NO6. The number of hydrogen-bond acceptors (Lipinski definition) is 7. The minimum Gasteiger partial charge on any atom is -0.461 e. The molecule has 0 spiro atoms. The van der Waals surface area contributed by atoms with Gasteiger partial charge in [0.2, 0.25) is 0 Å². The minimum atomic E-state index is -0.731. The highest BCUT2D eigenvalue weighted by Crippen LogP contribution is 2.18. The van der Waals surface area contributed by atoms with Crippen LogP contribution in [0, 0.1) is 0 Å². The van der Waals surface area contributed by atoms with Crippen molar-refractivity contribution in [3.05, 3.63) is 59.4 Å². The van der Waals surface area contributed by atoms with E-state index in [0.717, 1.165) is 0 Å². The molecule has 0 atom stereocenters. The van der Waals surface area contributed by atoms with Crippen LogP contribution in [0.2, 0.25) is 0 Å². The lowest BCUT2D eigenvalue weighted by Crippen LogP contribution is -2.15. The average Bonchev–Trinajstić information content (AvgIpc) is 2.62. The van der Waals surface area contributed by atoms with Crippen molar-refractivity contribution >= 4 is 17.9 Å². The number of rotatable bonds is 6. The lowest BCUT2D eigenvalue weighted by molar-refractivity contribution is 0.0507.